The van der Waals surface area contributed by atoms with Crippen LogP contribution in [0.25, 0.3) is 5.65 Å². The minimum atomic E-state index is 0.693. The SMILES string of the molecule is Cc1cc(Nc2nccn3c(C)cnc23)ccc1C=O. The van der Waals surface area contributed by atoms with Gasteiger partial charge in [-0.25, -0.2) is 9.97 Å². The van der Waals surface area contributed by atoms with E-state index in [4.69, 9.17) is 0 Å². The van der Waals surface area contributed by atoms with Crippen molar-refractivity contribution in [3.8, 4) is 0 Å². The van der Waals surface area contributed by atoms with Crippen LogP contribution in [0.5, 0.6) is 0 Å². The molecule has 0 unspecified atom stereocenters. The average Bonchev–Trinajstić information content (AvgIpc) is 2.82. The number of aryl methyl sites for hydroxylation is 2. The summed E-state index contributed by atoms with van der Waals surface area (Å²) in [5.41, 5.74) is 4.34. The number of hydrogen-bond donors (Lipinski definition) is 1. The Morgan fingerprint density at radius 2 is 2.10 bits per heavy atom. The fourth-order valence-electron chi connectivity index (χ4n) is 2.15. The molecule has 20 heavy (non-hydrogen) atoms. The Morgan fingerprint density at radius 3 is 2.85 bits per heavy atom. The van der Waals surface area contributed by atoms with Crippen molar-refractivity contribution in [3.05, 3.63) is 53.6 Å². The van der Waals surface area contributed by atoms with Crippen molar-refractivity contribution in [2.24, 2.45) is 0 Å². The van der Waals surface area contributed by atoms with Gasteiger partial charge < -0.3 is 5.32 Å². The van der Waals surface area contributed by atoms with Gasteiger partial charge in [-0.15, -0.1) is 0 Å². The van der Waals surface area contributed by atoms with E-state index in [2.05, 4.69) is 15.3 Å². The van der Waals surface area contributed by atoms with Crippen LogP contribution >= 0.6 is 0 Å². The third kappa shape index (κ3) is 2.03. The molecule has 0 bridgehead atoms. The quantitative estimate of drug-likeness (QED) is 0.740. The Labute approximate surface area is 116 Å². The van der Waals surface area contributed by atoms with E-state index < -0.39 is 0 Å². The number of rotatable bonds is 3. The van der Waals surface area contributed by atoms with Crippen molar-refractivity contribution in [2.45, 2.75) is 13.8 Å². The van der Waals surface area contributed by atoms with Gasteiger partial charge in [0.05, 0.1) is 0 Å². The van der Waals surface area contributed by atoms with E-state index in [1.165, 1.54) is 0 Å². The van der Waals surface area contributed by atoms with E-state index in [1.807, 2.05) is 42.8 Å². The first-order chi connectivity index (χ1) is 9.69. The Balaban J connectivity index is 2.01. The minimum Gasteiger partial charge on any atom is -0.337 e. The highest BCUT2D eigenvalue weighted by Crippen LogP contribution is 2.21. The molecule has 1 N–H and O–H groups in total. The van der Waals surface area contributed by atoms with Gasteiger partial charge in [0.15, 0.2) is 11.5 Å². The Morgan fingerprint density at radius 1 is 1.25 bits per heavy atom. The number of fused-ring (bicyclic) bond motifs is 1. The number of hydrogen-bond acceptors (Lipinski definition) is 4. The smallest absolute Gasteiger partial charge is 0.180 e. The van der Waals surface area contributed by atoms with E-state index in [0.29, 0.717) is 11.4 Å². The zero-order chi connectivity index (χ0) is 14.1. The van der Waals surface area contributed by atoms with Crippen LogP contribution in [0, 0.1) is 13.8 Å². The first kappa shape index (κ1) is 12.3. The van der Waals surface area contributed by atoms with E-state index in [9.17, 15) is 4.79 Å². The third-order valence-electron chi connectivity index (χ3n) is 3.27. The lowest BCUT2D eigenvalue weighted by atomic mass is 10.1. The zero-order valence-corrected chi connectivity index (χ0v) is 11.3. The van der Waals surface area contributed by atoms with Crippen LogP contribution in [-0.2, 0) is 0 Å². The molecule has 5 nitrogen and oxygen atoms in total. The molecular weight excluding hydrogens is 252 g/mol. The van der Waals surface area contributed by atoms with Gasteiger partial charge in [-0.05, 0) is 37.6 Å². The van der Waals surface area contributed by atoms with Gasteiger partial charge in [0.1, 0.15) is 6.29 Å². The largest absolute Gasteiger partial charge is 0.337 e. The van der Waals surface area contributed by atoms with E-state index in [0.717, 1.165) is 28.9 Å². The molecule has 2 aromatic heterocycles. The minimum absolute atomic E-state index is 0.693. The predicted molar refractivity (Wildman–Crippen MR) is 77.6 cm³/mol. The van der Waals surface area contributed by atoms with Crippen molar-refractivity contribution in [3.63, 3.8) is 0 Å². The van der Waals surface area contributed by atoms with Crippen LogP contribution < -0.4 is 5.32 Å². The Bertz CT molecular complexity index is 792. The molecule has 0 radical (unpaired) electrons. The predicted octanol–water partition coefficient (Wildman–Crippen LogP) is 2.90. The number of imidazole rings is 1. The number of nitrogens with one attached hydrogen (secondary N) is 1. The first-order valence-corrected chi connectivity index (χ1v) is 6.30. The number of aromatic nitrogens is 3. The van der Waals surface area contributed by atoms with Crippen LogP contribution in [0.15, 0.2) is 36.8 Å². The lowest BCUT2D eigenvalue weighted by Gasteiger charge is -2.08. The molecule has 0 aliphatic carbocycles. The molecule has 5 heteroatoms. The molecule has 0 amide bonds. The van der Waals surface area contributed by atoms with E-state index in [-0.39, 0.29) is 0 Å². The summed E-state index contributed by atoms with van der Waals surface area (Å²) in [5.74, 6) is 0.693. The van der Waals surface area contributed by atoms with Gasteiger partial charge >= 0.3 is 0 Å². The summed E-state index contributed by atoms with van der Waals surface area (Å²) in [7, 11) is 0. The van der Waals surface area contributed by atoms with E-state index in [1.54, 1.807) is 12.3 Å². The van der Waals surface area contributed by atoms with Gasteiger partial charge in [0.25, 0.3) is 0 Å². The number of carbonyl (C=O) groups is 1. The summed E-state index contributed by atoms with van der Waals surface area (Å²) in [4.78, 5) is 19.5. The van der Waals surface area contributed by atoms with Crippen LogP contribution in [0.4, 0.5) is 11.5 Å². The number of aldehydes is 1. The van der Waals surface area contributed by atoms with Gasteiger partial charge in [-0.2, -0.15) is 0 Å². The molecule has 3 aromatic rings. The first-order valence-electron chi connectivity index (χ1n) is 6.30. The van der Waals surface area contributed by atoms with Gasteiger partial charge in [0, 0.05) is 35.5 Å². The fraction of sp³-hybridized carbons (Fsp3) is 0.133. The van der Waals surface area contributed by atoms with Crippen molar-refractivity contribution < 1.29 is 4.79 Å². The number of carbonyl (C=O) groups excluding carboxylic acids is 1. The van der Waals surface area contributed by atoms with E-state index >= 15 is 0 Å². The monoisotopic (exact) mass is 266 g/mol. The second-order valence-electron chi connectivity index (χ2n) is 4.68. The summed E-state index contributed by atoms with van der Waals surface area (Å²) >= 11 is 0. The highest BCUT2D eigenvalue weighted by atomic mass is 16.1. The lowest BCUT2D eigenvalue weighted by molar-refractivity contribution is 0.112. The molecule has 0 aliphatic heterocycles. The second-order valence-corrected chi connectivity index (χ2v) is 4.68. The van der Waals surface area contributed by atoms with Crippen molar-refractivity contribution in [1.29, 1.82) is 0 Å². The maximum atomic E-state index is 10.8. The topological polar surface area (TPSA) is 59.3 Å². The number of nitrogens with zero attached hydrogens (tertiary/aromatic N) is 3. The molecule has 0 fully saturated rings. The van der Waals surface area contributed by atoms with Gasteiger partial charge in [0.2, 0.25) is 0 Å². The Hall–Kier alpha value is -2.69. The molecule has 1 aromatic carbocycles. The molecular formula is C15H14N4O. The molecule has 3 rings (SSSR count). The highest BCUT2D eigenvalue weighted by Gasteiger charge is 2.07. The third-order valence-corrected chi connectivity index (χ3v) is 3.27. The maximum Gasteiger partial charge on any atom is 0.180 e. The Kier molecular flexibility index (Phi) is 2.95. The van der Waals surface area contributed by atoms with Crippen LogP contribution in [-0.4, -0.2) is 20.7 Å². The molecule has 0 spiro atoms. The van der Waals surface area contributed by atoms with Crippen LogP contribution in [0.3, 0.4) is 0 Å². The zero-order valence-electron chi connectivity index (χ0n) is 11.3. The van der Waals surface area contributed by atoms with Crippen molar-refractivity contribution in [1.82, 2.24) is 14.4 Å². The summed E-state index contributed by atoms with van der Waals surface area (Å²) in [5, 5.41) is 3.24. The fourth-order valence-corrected chi connectivity index (χ4v) is 2.15. The molecule has 0 aliphatic rings. The normalized spacial score (nSPS) is 10.7. The lowest BCUT2D eigenvalue weighted by Crippen LogP contribution is -1.99. The number of benzene rings is 1. The average molecular weight is 266 g/mol. The standard InChI is InChI=1S/C15H14N4O/c1-10-7-13(4-3-12(10)9-20)18-14-15-17-8-11(2)19(15)6-5-16-14/h3-9H,1-2H3,(H,16,18). The van der Waals surface area contributed by atoms with Gasteiger partial charge in [-0.1, -0.05) is 0 Å². The molecule has 0 atom stereocenters. The summed E-state index contributed by atoms with van der Waals surface area (Å²) in [6.45, 7) is 3.90. The molecule has 100 valence electrons. The maximum absolute atomic E-state index is 10.8. The van der Waals surface area contributed by atoms with Crippen LogP contribution in [0.2, 0.25) is 0 Å². The van der Waals surface area contributed by atoms with Crippen molar-refractivity contribution in [2.75, 3.05) is 5.32 Å². The van der Waals surface area contributed by atoms with Crippen molar-refractivity contribution >= 4 is 23.4 Å². The van der Waals surface area contributed by atoms with Crippen LogP contribution in [0.1, 0.15) is 21.6 Å². The van der Waals surface area contributed by atoms with Gasteiger partial charge in [-0.3, -0.25) is 9.20 Å². The summed E-state index contributed by atoms with van der Waals surface area (Å²) in [6.07, 6.45) is 6.28. The molecule has 0 saturated heterocycles. The second kappa shape index (κ2) is 4.77. The highest BCUT2D eigenvalue weighted by molar-refractivity contribution is 5.79. The summed E-state index contributed by atoms with van der Waals surface area (Å²) in [6, 6.07) is 5.57. The molecule has 0 saturated carbocycles. The number of anilines is 2. The molecule has 2 heterocycles. The summed E-state index contributed by atoms with van der Waals surface area (Å²) < 4.78 is 1.97.